The fraction of sp³-hybridized carbons (Fsp3) is 0.148. The Hall–Kier alpha value is -4.48. The van der Waals surface area contributed by atoms with Crippen molar-refractivity contribution in [3.63, 3.8) is 0 Å². The lowest BCUT2D eigenvalue weighted by Crippen LogP contribution is -2.47. The normalized spacial score (nSPS) is 11.6. The molecule has 0 aliphatic heterocycles. The number of carbonyl (C=O) groups is 2. The summed E-state index contributed by atoms with van der Waals surface area (Å²) < 4.78 is 2.82. The van der Waals surface area contributed by atoms with Crippen molar-refractivity contribution in [3.05, 3.63) is 110 Å². The molecular formula is C27H25N5O5S. The van der Waals surface area contributed by atoms with E-state index in [0.717, 1.165) is 28.5 Å². The molecule has 0 radical (unpaired) electrons. The monoisotopic (exact) mass is 531 g/mol. The maximum absolute atomic E-state index is 13.2. The van der Waals surface area contributed by atoms with Crippen LogP contribution < -0.4 is 20.9 Å². The van der Waals surface area contributed by atoms with E-state index in [0.29, 0.717) is 16.1 Å². The molecule has 0 aliphatic carbocycles. The van der Waals surface area contributed by atoms with E-state index in [1.165, 1.54) is 12.1 Å². The number of anilines is 1. The average molecular weight is 532 g/mol. The molecule has 11 heteroatoms. The van der Waals surface area contributed by atoms with Crippen LogP contribution >= 0.6 is 11.9 Å². The second-order valence-corrected chi connectivity index (χ2v) is 9.46. The average Bonchev–Trinajstić information content (AvgIpc) is 2.88. The molecule has 38 heavy (non-hydrogen) atoms. The number of carbonyl (C=O) groups excluding carboxylic acids is 2. The Morgan fingerprint density at radius 2 is 1.76 bits per heavy atom. The molecule has 0 saturated heterocycles. The summed E-state index contributed by atoms with van der Waals surface area (Å²) >= 11 is 0.967. The van der Waals surface area contributed by atoms with Gasteiger partial charge in [0.25, 0.3) is 5.69 Å². The number of fused-ring (bicyclic) bond motifs is 1. The van der Waals surface area contributed by atoms with Crippen molar-refractivity contribution >= 4 is 46.0 Å². The number of amides is 2. The van der Waals surface area contributed by atoms with Gasteiger partial charge in [-0.25, -0.2) is 0 Å². The van der Waals surface area contributed by atoms with Crippen LogP contribution in [0.1, 0.15) is 11.1 Å². The van der Waals surface area contributed by atoms with E-state index in [1.54, 1.807) is 30.3 Å². The maximum Gasteiger partial charge on any atom is 0.284 e. The van der Waals surface area contributed by atoms with Gasteiger partial charge in [-0.15, -0.1) is 0 Å². The number of para-hydroxylation sites is 1. The van der Waals surface area contributed by atoms with Gasteiger partial charge >= 0.3 is 0 Å². The van der Waals surface area contributed by atoms with Crippen molar-refractivity contribution in [3.8, 4) is 0 Å². The number of aromatic nitrogens is 1. The van der Waals surface area contributed by atoms with Crippen LogP contribution in [-0.2, 0) is 16.0 Å². The topological polar surface area (TPSA) is 146 Å². The Morgan fingerprint density at radius 1 is 1.03 bits per heavy atom. The Bertz CT molecular complexity index is 1540. The molecule has 4 rings (SSSR count). The fourth-order valence-electron chi connectivity index (χ4n) is 3.92. The van der Waals surface area contributed by atoms with Crippen LogP contribution in [0.2, 0.25) is 0 Å². The first-order chi connectivity index (χ1) is 18.3. The van der Waals surface area contributed by atoms with Crippen LogP contribution in [0.4, 0.5) is 11.4 Å². The highest BCUT2D eigenvalue weighted by Crippen LogP contribution is 2.26. The van der Waals surface area contributed by atoms with E-state index in [-0.39, 0.29) is 24.2 Å². The Kier molecular flexibility index (Phi) is 8.51. The third-order valence-electron chi connectivity index (χ3n) is 5.73. The molecule has 194 valence electrons. The summed E-state index contributed by atoms with van der Waals surface area (Å²) in [6.07, 6.45) is 0.249. The molecule has 4 N–H and O–H groups in total. The predicted octanol–water partition coefficient (Wildman–Crippen LogP) is 3.71. The van der Waals surface area contributed by atoms with Crippen molar-refractivity contribution in [2.24, 2.45) is 0 Å². The fourth-order valence-corrected chi connectivity index (χ4v) is 4.67. The summed E-state index contributed by atoms with van der Waals surface area (Å²) in [7, 11) is 0. The summed E-state index contributed by atoms with van der Waals surface area (Å²) in [4.78, 5) is 51.7. The van der Waals surface area contributed by atoms with Crippen LogP contribution in [0.3, 0.4) is 0 Å². The van der Waals surface area contributed by atoms with Crippen molar-refractivity contribution in [2.75, 3.05) is 11.9 Å². The number of nitrogens with zero attached hydrogens (tertiary/aromatic N) is 1. The van der Waals surface area contributed by atoms with Crippen molar-refractivity contribution in [2.45, 2.75) is 24.3 Å². The van der Waals surface area contributed by atoms with E-state index in [4.69, 9.17) is 0 Å². The zero-order chi connectivity index (χ0) is 27.1. The molecule has 0 unspecified atom stereocenters. The number of nitrogens with one attached hydrogen (secondary N) is 4. The first-order valence-corrected chi connectivity index (χ1v) is 12.5. The zero-order valence-corrected chi connectivity index (χ0v) is 21.2. The minimum Gasteiger partial charge on any atom is -0.343 e. The van der Waals surface area contributed by atoms with Gasteiger partial charge in [0.15, 0.2) is 0 Å². The Morgan fingerprint density at radius 3 is 2.53 bits per heavy atom. The van der Waals surface area contributed by atoms with E-state index in [9.17, 15) is 24.5 Å². The quantitative estimate of drug-likeness (QED) is 0.139. The summed E-state index contributed by atoms with van der Waals surface area (Å²) in [5.74, 6) is -0.881. The van der Waals surface area contributed by atoms with Gasteiger partial charge in [0, 0.05) is 29.6 Å². The van der Waals surface area contributed by atoms with Gasteiger partial charge in [-0.3, -0.25) is 29.2 Å². The molecule has 0 spiro atoms. The molecule has 2 amide bonds. The third kappa shape index (κ3) is 6.84. The molecule has 1 heterocycles. The highest BCUT2D eigenvalue weighted by atomic mass is 32.2. The smallest absolute Gasteiger partial charge is 0.284 e. The summed E-state index contributed by atoms with van der Waals surface area (Å²) in [6, 6.07) is 21.3. The predicted molar refractivity (Wildman–Crippen MR) is 147 cm³/mol. The molecule has 10 nitrogen and oxygen atoms in total. The minimum atomic E-state index is -0.894. The van der Waals surface area contributed by atoms with Gasteiger partial charge in [0.1, 0.15) is 10.9 Å². The number of nitro benzene ring substituents is 1. The highest BCUT2D eigenvalue weighted by Gasteiger charge is 2.22. The largest absolute Gasteiger partial charge is 0.343 e. The van der Waals surface area contributed by atoms with Crippen LogP contribution in [0.5, 0.6) is 0 Å². The lowest BCUT2D eigenvalue weighted by molar-refractivity contribution is -0.387. The van der Waals surface area contributed by atoms with Crippen LogP contribution in [0.15, 0.2) is 88.6 Å². The molecule has 0 aliphatic rings. The van der Waals surface area contributed by atoms with Crippen LogP contribution in [0.25, 0.3) is 10.9 Å². The summed E-state index contributed by atoms with van der Waals surface area (Å²) in [5.41, 5.74) is 2.43. The van der Waals surface area contributed by atoms with E-state index < -0.39 is 22.8 Å². The minimum absolute atomic E-state index is 0.0707. The molecule has 0 fully saturated rings. The van der Waals surface area contributed by atoms with Crippen molar-refractivity contribution in [1.29, 1.82) is 0 Å². The molecule has 4 aromatic rings. The zero-order valence-electron chi connectivity index (χ0n) is 20.4. The van der Waals surface area contributed by atoms with Crippen molar-refractivity contribution in [1.82, 2.24) is 15.0 Å². The first-order valence-electron chi connectivity index (χ1n) is 11.7. The number of pyridine rings is 1. The van der Waals surface area contributed by atoms with E-state index >= 15 is 0 Å². The number of aromatic amines is 1. The Balaban J connectivity index is 1.45. The summed E-state index contributed by atoms with van der Waals surface area (Å²) in [5, 5.41) is 17.6. The standard InChI is InChI=1S/C27H25N5O5S/c1-17-13-25(33)30-21-15-19(11-12-20(17)21)29-27(35)22(14-18-7-3-2-4-8-18)31-26(34)16-28-38-24-10-6-5-9-23(24)32(36)37/h2-13,15,22,28H,14,16H2,1H3,(H,29,35)(H,30,33)(H,31,34)/t22-/m0/s1. The van der Waals surface area contributed by atoms with Crippen LogP contribution in [0, 0.1) is 17.0 Å². The van der Waals surface area contributed by atoms with E-state index in [2.05, 4.69) is 20.3 Å². The SMILES string of the molecule is Cc1cc(=O)[nH]c2cc(NC(=O)[C@H](Cc3ccccc3)NC(=O)CNSc3ccccc3[N+](=O)[O-])ccc12. The number of H-pyrrole nitrogens is 1. The number of rotatable bonds is 10. The Labute approximate surface area is 222 Å². The highest BCUT2D eigenvalue weighted by molar-refractivity contribution is 7.97. The molecular weight excluding hydrogens is 506 g/mol. The number of hydrogen-bond acceptors (Lipinski definition) is 7. The second-order valence-electron chi connectivity index (χ2n) is 8.52. The lowest BCUT2D eigenvalue weighted by atomic mass is 10.0. The van der Waals surface area contributed by atoms with Gasteiger partial charge in [-0.2, -0.15) is 0 Å². The summed E-state index contributed by atoms with van der Waals surface area (Å²) in [6.45, 7) is 1.66. The second kappa shape index (κ2) is 12.2. The van der Waals surface area contributed by atoms with Gasteiger partial charge in [0.2, 0.25) is 17.4 Å². The molecule has 1 atom stereocenters. The number of benzene rings is 3. The lowest BCUT2D eigenvalue weighted by Gasteiger charge is -2.19. The third-order valence-corrected chi connectivity index (χ3v) is 6.58. The molecule has 1 aromatic heterocycles. The molecule has 0 bridgehead atoms. The van der Waals surface area contributed by atoms with Gasteiger partial charge in [-0.1, -0.05) is 48.5 Å². The number of aryl methyl sites for hydroxylation is 1. The van der Waals surface area contributed by atoms with Crippen LogP contribution in [-0.4, -0.2) is 34.3 Å². The number of nitro groups is 1. The molecule has 0 saturated carbocycles. The van der Waals surface area contributed by atoms with Crippen molar-refractivity contribution < 1.29 is 14.5 Å². The van der Waals surface area contributed by atoms with Gasteiger partial charge in [0.05, 0.1) is 17.0 Å². The number of hydrogen-bond donors (Lipinski definition) is 4. The van der Waals surface area contributed by atoms with Gasteiger partial charge in [-0.05, 0) is 48.2 Å². The van der Waals surface area contributed by atoms with E-state index in [1.807, 2.05) is 43.3 Å². The molecule has 3 aromatic carbocycles. The maximum atomic E-state index is 13.2. The first kappa shape index (κ1) is 26.6. The van der Waals surface area contributed by atoms with Gasteiger partial charge < -0.3 is 15.6 Å².